The van der Waals surface area contributed by atoms with Crippen molar-refractivity contribution in [3.63, 3.8) is 0 Å². The molecule has 0 aromatic heterocycles. The van der Waals surface area contributed by atoms with Gasteiger partial charge in [-0.3, -0.25) is 9.59 Å². The third-order valence-electron chi connectivity index (χ3n) is 7.36. The monoisotopic (exact) mass is 516 g/mol. The first-order valence-electron chi connectivity index (χ1n) is 13.5. The van der Waals surface area contributed by atoms with Crippen molar-refractivity contribution in [3.8, 4) is 5.75 Å². The Morgan fingerprint density at radius 2 is 1.66 bits per heavy atom. The predicted molar refractivity (Wildman–Crippen MR) is 147 cm³/mol. The molecule has 1 N–H and O–H groups in total. The first-order valence-corrected chi connectivity index (χ1v) is 13.5. The van der Waals surface area contributed by atoms with Gasteiger partial charge < -0.3 is 15.0 Å². The lowest BCUT2D eigenvalue weighted by molar-refractivity contribution is -0.143. The molecule has 6 heteroatoms. The molecule has 1 fully saturated rings. The Morgan fingerprint density at radius 3 is 2.37 bits per heavy atom. The molecule has 2 amide bonds. The van der Waals surface area contributed by atoms with Crippen LogP contribution in [0.25, 0.3) is 0 Å². The summed E-state index contributed by atoms with van der Waals surface area (Å²) in [5.41, 5.74) is 3.48. The number of hydrogen-bond acceptors (Lipinski definition) is 3. The summed E-state index contributed by atoms with van der Waals surface area (Å²) in [6.07, 6.45) is 5.52. The van der Waals surface area contributed by atoms with Gasteiger partial charge in [0.15, 0.2) is 6.61 Å². The van der Waals surface area contributed by atoms with Gasteiger partial charge >= 0.3 is 0 Å². The zero-order valence-electron chi connectivity index (χ0n) is 22.3. The van der Waals surface area contributed by atoms with E-state index in [1.807, 2.05) is 62.4 Å². The fourth-order valence-corrected chi connectivity index (χ4v) is 4.94. The summed E-state index contributed by atoms with van der Waals surface area (Å²) >= 11 is 0. The second-order valence-corrected chi connectivity index (χ2v) is 10.2. The molecule has 1 saturated carbocycles. The van der Waals surface area contributed by atoms with E-state index in [0.29, 0.717) is 17.7 Å². The minimum absolute atomic E-state index is 0.0304. The molecule has 38 heavy (non-hydrogen) atoms. The van der Waals surface area contributed by atoms with Crippen LogP contribution >= 0.6 is 0 Å². The summed E-state index contributed by atoms with van der Waals surface area (Å²) in [4.78, 5) is 28.9. The Morgan fingerprint density at radius 1 is 0.947 bits per heavy atom. The second kappa shape index (κ2) is 13.2. The number of hydrogen-bond donors (Lipinski definition) is 1. The average Bonchev–Trinajstić information content (AvgIpc) is 2.93. The molecule has 3 aromatic carbocycles. The zero-order chi connectivity index (χ0) is 26.9. The van der Waals surface area contributed by atoms with Crippen molar-refractivity contribution in [1.29, 1.82) is 0 Å². The number of carbonyl (C=O) groups is 2. The fourth-order valence-electron chi connectivity index (χ4n) is 4.94. The van der Waals surface area contributed by atoms with Crippen molar-refractivity contribution in [3.05, 3.63) is 101 Å². The number of carbonyl (C=O) groups excluding carboxylic acids is 2. The highest BCUT2D eigenvalue weighted by atomic mass is 19.1. The Bertz CT molecular complexity index is 1220. The van der Waals surface area contributed by atoms with Crippen molar-refractivity contribution in [2.45, 2.75) is 71.0 Å². The number of nitrogens with zero attached hydrogens (tertiary/aromatic N) is 1. The van der Waals surface area contributed by atoms with Crippen LogP contribution in [0.15, 0.2) is 72.8 Å². The Labute approximate surface area is 225 Å². The number of amides is 2. The van der Waals surface area contributed by atoms with Gasteiger partial charge in [-0.1, -0.05) is 73.9 Å². The summed E-state index contributed by atoms with van der Waals surface area (Å²) in [7, 11) is 0. The van der Waals surface area contributed by atoms with E-state index in [-0.39, 0.29) is 31.0 Å². The zero-order valence-corrected chi connectivity index (χ0v) is 22.3. The van der Waals surface area contributed by atoms with Crippen LogP contribution in [0.2, 0.25) is 0 Å². The SMILES string of the molecule is Cc1ccc(OCC(=O)N(Cc2ccccc2F)[C@@H](Cc2ccccc2)C(=O)NC2CCCCC2)cc1C. The summed E-state index contributed by atoms with van der Waals surface area (Å²) in [5, 5.41) is 3.20. The predicted octanol–water partition coefficient (Wildman–Crippen LogP) is 5.91. The first kappa shape index (κ1) is 27.4. The third-order valence-corrected chi connectivity index (χ3v) is 7.36. The Hall–Kier alpha value is -3.67. The lowest BCUT2D eigenvalue weighted by Gasteiger charge is -2.33. The molecule has 0 unspecified atom stereocenters. The molecule has 5 nitrogen and oxygen atoms in total. The van der Waals surface area contributed by atoms with Crippen molar-refractivity contribution in [1.82, 2.24) is 10.2 Å². The maximum absolute atomic E-state index is 14.7. The number of benzene rings is 3. The van der Waals surface area contributed by atoms with E-state index in [1.165, 1.54) is 17.4 Å². The highest BCUT2D eigenvalue weighted by Gasteiger charge is 2.32. The molecule has 1 aliphatic carbocycles. The maximum Gasteiger partial charge on any atom is 0.261 e. The molecular weight excluding hydrogens is 479 g/mol. The standard InChI is InChI=1S/C32H37FN2O3/c1-23-17-18-28(19-24(23)2)38-22-31(36)35(21-26-13-9-10-16-29(26)33)30(20-25-11-5-3-6-12-25)32(37)34-27-14-7-4-8-15-27/h3,5-6,9-13,16-19,27,30H,4,7-8,14-15,20-22H2,1-2H3,(H,34,37)/t30-/m0/s1. The minimum Gasteiger partial charge on any atom is -0.484 e. The highest BCUT2D eigenvalue weighted by Crippen LogP contribution is 2.21. The number of nitrogens with one attached hydrogen (secondary N) is 1. The summed E-state index contributed by atoms with van der Waals surface area (Å²) in [6.45, 7) is 3.72. The lowest BCUT2D eigenvalue weighted by Crippen LogP contribution is -2.53. The number of aryl methyl sites for hydroxylation is 2. The van der Waals surface area contributed by atoms with Crippen molar-refractivity contribution >= 4 is 11.8 Å². The molecule has 0 saturated heterocycles. The van der Waals surface area contributed by atoms with Gasteiger partial charge in [-0.15, -0.1) is 0 Å². The van der Waals surface area contributed by atoms with Gasteiger partial charge in [-0.05, 0) is 61.6 Å². The van der Waals surface area contributed by atoms with Crippen LogP contribution < -0.4 is 10.1 Å². The van der Waals surface area contributed by atoms with E-state index in [9.17, 15) is 14.0 Å². The normalized spacial score (nSPS) is 14.5. The highest BCUT2D eigenvalue weighted by molar-refractivity contribution is 5.88. The summed E-state index contributed by atoms with van der Waals surface area (Å²) < 4.78 is 20.6. The molecule has 0 radical (unpaired) electrons. The molecule has 0 heterocycles. The van der Waals surface area contributed by atoms with Crippen LogP contribution in [-0.4, -0.2) is 35.4 Å². The first-order chi connectivity index (χ1) is 18.4. The molecular formula is C32H37FN2O3. The fraction of sp³-hybridized carbons (Fsp3) is 0.375. The molecule has 0 aliphatic heterocycles. The van der Waals surface area contributed by atoms with Crippen LogP contribution in [0.5, 0.6) is 5.75 Å². The van der Waals surface area contributed by atoms with Gasteiger partial charge in [0.1, 0.15) is 17.6 Å². The van der Waals surface area contributed by atoms with E-state index in [2.05, 4.69) is 5.32 Å². The smallest absolute Gasteiger partial charge is 0.261 e. The van der Waals surface area contributed by atoms with E-state index in [0.717, 1.165) is 42.4 Å². The van der Waals surface area contributed by atoms with E-state index in [4.69, 9.17) is 4.74 Å². The van der Waals surface area contributed by atoms with E-state index in [1.54, 1.807) is 18.2 Å². The number of halogens is 1. The van der Waals surface area contributed by atoms with Crippen LogP contribution in [0.1, 0.15) is 54.4 Å². The van der Waals surface area contributed by atoms with Crippen molar-refractivity contribution < 1.29 is 18.7 Å². The maximum atomic E-state index is 14.7. The van der Waals surface area contributed by atoms with Crippen molar-refractivity contribution in [2.75, 3.05) is 6.61 Å². The molecule has 200 valence electrons. The second-order valence-electron chi connectivity index (χ2n) is 10.2. The molecule has 4 rings (SSSR count). The average molecular weight is 517 g/mol. The quantitative estimate of drug-likeness (QED) is 0.364. The summed E-state index contributed by atoms with van der Waals surface area (Å²) in [5.74, 6) is -0.409. The topological polar surface area (TPSA) is 58.6 Å². The molecule has 3 aromatic rings. The Balaban J connectivity index is 1.62. The Kier molecular flexibility index (Phi) is 9.52. The third kappa shape index (κ3) is 7.44. The number of rotatable bonds is 10. The van der Waals surface area contributed by atoms with Crippen LogP contribution in [-0.2, 0) is 22.6 Å². The summed E-state index contributed by atoms with van der Waals surface area (Å²) in [6, 6.07) is 21.0. The van der Waals surface area contributed by atoms with E-state index >= 15 is 0 Å². The number of ether oxygens (including phenoxy) is 1. The van der Waals surface area contributed by atoms with Crippen molar-refractivity contribution in [2.24, 2.45) is 0 Å². The van der Waals surface area contributed by atoms with Crippen LogP contribution in [0.4, 0.5) is 4.39 Å². The molecule has 0 bridgehead atoms. The van der Waals surface area contributed by atoms with Gasteiger partial charge in [-0.25, -0.2) is 4.39 Å². The van der Waals surface area contributed by atoms with Gasteiger partial charge in [0.25, 0.3) is 5.91 Å². The van der Waals surface area contributed by atoms with Gasteiger partial charge in [-0.2, -0.15) is 0 Å². The molecule has 1 atom stereocenters. The van der Waals surface area contributed by atoms with Gasteiger partial charge in [0, 0.05) is 24.6 Å². The van der Waals surface area contributed by atoms with Gasteiger partial charge in [0.2, 0.25) is 5.91 Å². The molecule has 0 spiro atoms. The largest absolute Gasteiger partial charge is 0.484 e. The van der Waals surface area contributed by atoms with Crippen LogP contribution in [0, 0.1) is 19.7 Å². The lowest BCUT2D eigenvalue weighted by atomic mass is 9.94. The van der Waals surface area contributed by atoms with Crippen LogP contribution in [0.3, 0.4) is 0 Å². The van der Waals surface area contributed by atoms with Gasteiger partial charge in [0.05, 0.1) is 0 Å². The molecule has 1 aliphatic rings. The van der Waals surface area contributed by atoms with E-state index < -0.39 is 11.9 Å². The minimum atomic E-state index is -0.810.